The van der Waals surface area contributed by atoms with Gasteiger partial charge >= 0.3 is 11.9 Å². The van der Waals surface area contributed by atoms with Crippen LogP contribution in [0.3, 0.4) is 0 Å². The van der Waals surface area contributed by atoms with Gasteiger partial charge in [-0.15, -0.1) is 0 Å². The molecule has 0 spiro atoms. The van der Waals surface area contributed by atoms with Gasteiger partial charge in [0.25, 0.3) is 22.3 Å². The van der Waals surface area contributed by atoms with Gasteiger partial charge in [0.15, 0.2) is 0 Å². The van der Waals surface area contributed by atoms with Crippen molar-refractivity contribution in [1.29, 1.82) is 0 Å². The summed E-state index contributed by atoms with van der Waals surface area (Å²) < 4.78 is 15.6. The summed E-state index contributed by atoms with van der Waals surface area (Å²) in [5, 5.41) is 13.8. The van der Waals surface area contributed by atoms with Crippen LogP contribution in [0.4, 0.5) is 9.59 Å². The molecular formula is C32H22N2O10S2. The molecule has 2 aromatic carbocycles. The third-order valence-corrected chi connectivity index (χ3v) is 7.85. The first-order valence-electron chi connectivity index (χ1n) is 13.4. The van der Waals surface area contributed by atoms with Gasteiger partial charge in [0.05, 0.1) is 28.9 Å². The van der Waals surface area contributed by atoms with E-state index >= 15 is 0 Å². The van der Waals surface area contributed by atoms with Crippen molar-refractivity contribution in [3.05, 3.63) is 93.1 Å². The fourth-order valence-electron chi connectivity index (χ4n) is 4.22. The lowest BCUT2D eigenvalue weighted by molar-refractivity contribution is -0.137. The molecule has 0 aliphatic carbocycles. The predicted octanol–water partition coefficient (Wildman–Crippen LogP) is 6.19. The molecule has 2 aliphatic rings. The molecule has 2 aliphatic heterocycles. The van der Waals surface area contributed by atoms with E-state index in [2.05, 4.69) is 10.6 Å². The lowest BCUT2D eigenvalue weighted by Crippen LogP contribution is -2.17. The van der Waals surface area contributed by atoms with Gasteiger partial charge in [0, 0.05) is 34.1 Å². The Morgan fingerprint density at radius 2 is 1.26 bits per heavy atom. The zero-order chi connectivity index (χ0) is 32.8. The molecule has 12 nitrogen and oxygen atoms in total. The Morgan fingerprint density at radius 3 is 1.67 bits per heavy atom. The Labute approximate surface area is 268 Å². The number of carboxylic acids is 1. The third-order valence-electron chi connectivity index (χ3n) is 6.23. The Balaban J connectivity index is 0.000000182. The molecule has 2 aromatic heterocycles. The number of carbonyl (C=O) groups excluding carboxylic acids is 5. The quantitative estimate of drug-likeness (QED) is 0.152. The molecule has 4 amide bonds. The zero-order valence-corrected chi connectivity index (χ0v) is 25.4. The van der Waals surface area contributed by atoms with Crippen LogP contribution < -0.4 is 10.6 Å². The van der Waals surface area contributed by atoms with Crippen LogP contribution in [0.2, 0.25) is 0 Å². The Kier molecular flexibility index (Phi) is 9.69. The van der Waals surface area contributed by atoms with Crippen molar-refractivity contribution in [3.8, 4) is 0 Å². The number of hydrogen-bond donors (Lipinski definition) is 3. The van der Waals surface area contributed by atoms with Crippen molar-refractivity contribution >= 4 is 104 Å². The van der Waals surface area contributed by atoms with E-state index in [-0.39, 0.29) is 5.24 Å². The van der Waals surface area contributed by atoms with Gasteiger partial charge in [-0.1, -0.05) is 12.1 Å². The van der Waals surface area contributed by atoms with Crippen molar-refractivity contribution in [2.75, 3.05) is 6.61 Å². The van der Waals surface area contributed by atoms with Gasteiger partial charge in [-0.25, -0.2) is 9.59 Å². The molecule has 14 heteroatoms. The van der Waals surface area contributed by atoms with Crippen molar-refractivity contribution in [1.82, 2.24) is 10.6 Å². The molecule has 2 saturated heterocycles. The molecule has 46 heavy (non-hydrogen) atoms. The summed E-state index contributed by atoms with van der Waals surface area (Å²) in [5.74, 6) is -2.30. The van der Waals surface area contributed by atoms with E-state index < -0.39 is 29.0 Å². The number of aliphatic carboxylic acids is 1. The largest absolute Gasteiger partial charge is 0.478 e. The first-order chi connectivity index (χ1) is 22.1. The highest BCUT2D eigenvalue weighted by molar-refractivity contribution is 8.18. The first kappa shape index (κ1) is 31.8. The first-order valence-corrected chi connectivity index (χ1v) is 15.0. The highest BCUT2D eigenvalue weighted by atomic mass is 32.2. The number of fused-ring (bicyclic) bond motifs is 2. The van der Waals surface area contributed by atoms with Crippen LogP contribution in [0, 0.1) is 0 Å². The maximum absolute atomic E-state index is 11.6. The highest BCUT2D eigenvalue weighted by Gasteiger charge is 2.26. The van der Waals surface area contributed by atoms with Crippen molar-refractivity contribution < 1.29 is 47.4 Å². The fraction of sp³-hybridized carbons (Fsp3) is 0.0625. The van der Waals surface area contributed by atoms with E-state index in [4.69, 9.17) is 18.7 Å². The van der Waals surface area contributed by atoms with E-state index in [1.807, 2.05) is 6.07 Å². The number of furan rings is 2. The van der Waals surface area contributed by atoms with E-state index in [1.165, 1.54) is 24.7 Å². The molecule has 0 radical (unpaired) electrons. The number of hydrogen-bond acceptors (Lipinski definition) is 11. The summed E-state index contributed by atoms with van der Waals surface area (Å²) in [4.78, 5) is 68.1. The molecule has 3 N–H and O–H groups in total. The summed E-state index contributed by atoms with van der Waals surface area (Å²) >= 11 is 1.70. The second-order valence-corrected chi connectivity index (χ2v) is 11.4. The minimum Gasteiger partial charge on any atom is -0.478 e. The minimum absolute atomic E-state index is 0.311. The molecule has 4 aromatic rings. The van der Waals surface area contributed by atoms with E-state index in [0.717, 1.165) is 51.5 Å². The molecular weight excluding hydrogens is 636 g/mol. The Morgan fingerprint density at radius 1 is 0.783 bits per heavy atom. The topological polar surface area (TPSA) is 182 Å². The van der Waals surface area contributed by atoms with Gasteiger partial charge in [0.2, 0.25) is 0 Å². The van der Waals surface area contributed by atoms with Crippen LogP contribution in [0.25, 0.3) is 46.2 Å². The maximum Gasteiger partial charge on any atom is 0.330 e. The summed E-state index contributed by atoms with van der Waals surface area (Å²) in [7, 11) is 0. The van der Waals surface area contributed by atoms with Crippen molar-refractivity contribution in [2.45, 2.75) is 6.92 Å². The van der Waals surface area contributed by atoms with Crippen LogP contribution >= 0.6 is 23.5 Å². The fourth-order valence-corrected chi connectivity index (χ4v) is 5.59. The number of thioether (sulfide) groups is 2. The van der Waals surface area contributed by atoms with Crippen molar-refractivity contribution in [2.24, 2.45) is 0 Å². The summed E-state index contributed by atoms with van der Waals surface area (Å²) in [6.45, 7) is 2.05. The van der Waals surface area contributed by atoms with Crippen LogP contribution in [0.5, 0.6) is 0 Å². The standard InChI is InChI=1S/C17H13NO5S.C15H9NO5S/c1-2-22-15(19)6-4-11-9-23-13-5-3-10(7-12(11)13)8-14-16(20)18-17(21)24-14;17-13(18)4-2-9-7-21-11-3-1-8(5-10(9)11)6-12-14(19)16-15(20)22-12/h3-9H,2H2,1H3,(H,18,20,21);1-7H,(H,17,18)(H,16,19,20). The predicted molar refractivity (Wildman–Crippen MR) is 173 cm³/mol. The molecule has 0 atom stereocenters. The zero-order valence-electron chi connectivity index (χ0n) is 23.7. The number of rotatable bonds is 7. The summed E-state index contributed by atoms with van der Waals surface area (Å²) in [6.07, 6.45) is 11.6. The average molecular weight is 659 g/mol. The van der Waals surface area contributed by atoms with Crippen molar-refractivity contribution in [3.63, 3.8) is 0 Å². The second-order valence-electron chi connectivity index (χ2n) is 9.35. The van der Waals surface area contributed by atoms with Crippen LogP contribution in [0.1, 0.15) is 29.2 Å². The Bertz CT molecular complexity index is 2050. The number of nitrogens with one attached hydrogen (secondary N) is 2. The molecule has 0 unspecified atom stereocenters. The average Bonchev–Trinajstić information content (AvgIpc) is 3.77. The molecule has 0 bridgehead atoms. The number of ether oxygens (including phenoxy) is 1. The number of carbonyl (C=O) groups is 6. The SMILES string of the molecule is CCOC(=O)C=Cc1coc2ccc(C=C3SC(=O)NC3=O)cc12.O=C(O)C=Cc1coc2ccc(C=C3SC(=O)NC3=O)cc12. The molecule has 6 rings (SSSR count). The smallest absolute Gasteiger partial charge is 0.330 e. The number of esters is 1. The summed E-state index contributed by atoms with van der Waals surface area (Å²) in [6, 6.07) is 10.6. The van der Waals surface area contributed by atoms with Crippen LogP contribution in [-0.2, 0) is 23.9 Å². The number of benzene rings is 2. The van der Waals surface area contributed by atoms with Gasteiger partial charge in [0.1, 0.15) is 11.2 Å². The lowest BCUT2D eigenvalue weighted by atomic mass is 10.1. The third kappa shape index (κ3) is 7.72. The van der Waals surface area contributed by atoms with Crippen LogP contribution in [0.15, 0.2) is 79.7 Å². The molecule has 232 valence electrons. The number of carboxylic acid groups (broad SMARTS) is 1. The second kappa shape index (κ2) is 14.0. The van der Waals surface area contributed by atoms with Gasteiger partial charge in [-0.2, -0.15) is 0 Å². The van der Waals surface area contributed by atoms with Gasteiger partial charge in [-0.3, -0.25) is 29.8 Å². The van der Waals surface area contributed by atoms with E-state index in [0.29, 0.717) is 38.7 Å². The van der Waals surface area contributed by atoms with Crippen LogP contribution in [-0.4, -0.2) is 45.9 Å². The molecule has 4 heterocycles. The Hall–Kier alpha value is -5.60. The maximum atomic E-state index is 11.6. The lowest BCUT2D eigenvalue weighted by Gasteiger charge is -1.97. The number of imide groups is 2. The summed E-state index contributed by atoms with van der Waals surface area (Å²) in [5.41, 5.74) is 4.07. The molecule has 2 fully saturated rings. The van der Waals surface area contributed by atoms with Gasteiger partial charge < -0.3 is 18.7 Å². The van der Waals surface area contributed by atoms with Gasteiger partial charge in [-0.05, 0) is 90.1 Å². The highest BCUT2D eigenvalue weighted by Crippen LogP contribution is 2.30. The monoisotopic (exact) mass is 658 g/mol. The normalized spacial score (nSPS) is 16.5. The molecule has 0 saturated carbocycles. The minimum atomic E-state index is -1.05. The van der Waals surface area contributed by atoms with E-state index in [9.17, 15) is 28.8 Å². The number of amides is 4. The van der Waals surface area contributed by atoms with E-state index in [1.54, 1.807) is 55.5 Å².